The topological polar surface area (TPSA) is 85.2 Å². The lowest BCUT2D eigenvalue weighted by molar-refractivity contribution is -0.118. The molecule has 0 saturated carbocycles. The first-order valence-corrected chi connectivity index (χ1v) is 8.83. The number of hydrogen-bond donors (Lipinski definition) is 2. The predicted octanol–water partition coefficient (Wildman–Crippen LogP) is 3.31. The van der Waals surface area contributed by atoms with Crippen molar-refractivity contribution in [2.75, 3.05) is 17.2 Å². The normalized spacial score (nSPS) is 10.4. The number of ether oxygens (including phenoxy) is 1. The number of aromatic nitrogens is 2. The van der Waals surface area contributed by atoms with Gasteiger partial charge in [-0.05, 0) is 38.1 Å². The van der Waals surface area contributed by atoms with Crippen molar-refractivity contribution in [1.29, 1.82) is 0 Å². The first kappa shape index (κ1) is 19.2. The minimum Gasteiger partial charge on any atom is -0.484 e. The number of rotatable bonds is 6. The Morgan fingerprint density at radius 2 is 1.71 bits per heavy atom. The van der Waals surface area contributed by atoms with Gasteiger partial charge in [0.25, 0.3) is 11.8 Å². The number of carbonyl (C=O) groups excluding carboxylic acids is 2. The van der Waals surface area contributed by atoms with Crippen molar-refractivity contribution in [2.24, 2.45) is 7.05 Å². The van der Waals surface area contributed by atoms with E-state index in [-0.39, 0.29) is 18.4 Å². The van der Waals surface area contributed by atoms with Gasteiger partial charge in [0, 0.05) is 30.2 Å². The number of nitrogens with zero attached hydrogens (tertiary/aromatic N) is 2. The molecule has 0 fully saturated rings. The highest BCUT2D eigenvalue weighted by molar-refractivity contribution is 6.05. The van der Waals surface area contributed by atoms with Crippen molar-refractivity contribution in [1.82, 2.24) is 9.78 Å². The molecule has 0 saturated heterocycles. The van der Waals surface area contributed by atoms with Crippen LogP contribution in [0.25, 0.3) is 0 Å². The quantitative estimate of drug-likeness (QED) is 0.689. The Hall–Kier alpha value is -3.61. The molecule has 28 heavy (non-hydrogen) atoms. The highest BCUT2D eigenvalue weighted by Gasteiger charge is 2.17. The Balaban J connectivity index is 1.61. The van der Waals surface area contributed by atoms with E-state index in [4.69, 9.17) is 4.74 Å². The summed E-state index contributed by atoms with van der Waals surface area (Å²) in [6.07, 6.45) is 0. The first-order valence-electron chi connectivity index (χ1n) is 8.83. The third-order valence-corrected chi connectivity index (χ3v) is 4.26. The lowest BCUT2D eigenvalue weighted by atomic mass is 10.2. The number of amides is 2. The number of nitrogens with one attached hydrogen (secondary N) is 2. The van der Waals surface area contributed by atoms with Crippen molar-refractivity contribution in [2.45, 2.75) is 13.8 Å². The average molecular weight is 378 g/mol. The molecule has 0 radical (unpaired) electrons. The van der Waals surface area contributed by atoms with Gasteiger partial charge in [0.1, 0.15) is 5.75 Å². The number of anilines is 2. The van der Waals surface area contributed by atoms with Crippen LogP contribution in [0.1, 0.15) is 21.7 Å². The maximum atomic E-state index is 12.6. The van der Waals surface area contributed by atoms with Crippen molar-refractivity contribution in [3.8, 4) is 5.75 Å². The van der Waals surface area contributed by atoms with E-state index in [0.717, 1.165) is 5.69 Å². The van der Waals surface area contributed by atoms with Gasteiger partial charge in [0.2, 0.25) is 0 Å². The van der Waals surface area contributed by atoms with Crippen LogP contribution in [0.4, 0.5) is 11.4 Å². The van der Waals surface area contributed by atoms with Crippen LogP contribution < -0.4 is 15.4 Å². The van der Waals surface area contributed by atoms with E-state index in [1.54, 1.807) is 55.1 Å². The summed E-state index contributed by atoms with van der Waals surface area (Å²) in [4.78, 5) is 24.6. The standard InChI is InChI=1S/C21H22N4O3/c1-14-20(15(2)25(3)24-14)21(27)23-17-10-7-11-18(12-17)28-13-19(26)22-16-8-5-4-6-9-16/h4-12H,13H2,1-3H3,(H,22,26)(H,23,27). The van der Waals surface area contributed by atoms with Crippen LogP contribution in [0, 0.1) is 13.8 Å². The van der Waals surface area contributed by atoms with Crippen molar-refractivity contribution in [3.63, 3.8) is 0 Å². The van der Waals surface area contributed by atoms with Crippen LogP contribution in [0.15, 0.2) is 54.6 Å². The summed E-state index contributed by atoms with van der Waals surface area (Å²) in [7, 11) is 1.80. The third-order valence-electron chi connectivity index (χ3n) is 4.26. The summed E-state index contributed by atoms with van der Waals surface area (Å²) >= 11 is 0. The van der Waals surface area contributed by atoms with Gasteiger partial charge in [-0.25, -0.2) is 0 Å². The fraction of sp³-hybridized carbons (Fsp3) is 0.190. The molecule has 2 amide bonds. The molecule has 0 spiro atoms. The molecule has 0 aliphatic carbocycles. The highest BCUT2D eigenvalue weighted by atomic mass is 16.5. The predicted molar refractivity (Wildman–Crippen MR) is 108 cm³/mol. The summed E-state index contributed by atoms with van der Waals surface area (Å²) in [5.41, 5.74) is 3.30. The third kappa shape index (κ3) is 4.56. The zero-order valence-corrected chi connectivity index (χ0v) is 16.0. The summed E-state index contributed by atoms with van der Waals surface area (Å²) in [5.74, 6) is -0.00930. The number of aryl methyl sites for hydroxylation is 2. The van der Waals surface area contributed by atoms with Crippen molar-refractivity contribution >= 4 is 23.2 Å². The Bertz CT molecular complexity index is 996. The largest absolute Gasteiger partial charge is 0.484 e. The second-order valence-corrected chi connectivity index (χ2v) is 6.35. The first-order chi connectivity index (χ1) is 13.4. The zero-order valence-electron chi connectivity index (χ0n) is 16.0. The van der Waals surface area contributed by atoms with E-state index in [9.17, 15) is 9.59 Å². The van der Waals surface area contributed by atoms with E-state index in [2.05, 4.69) is 15.7 Å². The molecule has 0 bridgehead atoms. The van der Waals surface area contributed by atoms with Gasteiger partial charge >= 0.3 is 0 Å². The number of hydrogen-bond acceptors (Lipinski definition) is 4. The minimum atomic E-state index is -0.262. The molecule has 1 heterocycles. The molecule has 1 aromatic heterocycles. The molecule has 0 aliphatic rings. The molecule has 0 unspecified atom stereocenters. The number of benzene rings is 2. The van der Waals surface area contributed by atoms with Gasteiger partial charge in [-0.1, -0.05) is 24.3 Å². The average Bonchev–Trinajstić information content (AvgIpc) is 2.93. The molecule has 0 atom stereocenters. The molecule has 3 rings (SSSR count). The van der Waals surface area contributed by atoms with Crippen LogP contribution in [0.5, 0.6) is 5.75 Å². The van der Waals surface area contributed by atoms with Gasteiger partial charge < -0.3 is 15.4 Å². The number of carbonyl (C=O) groups is 2. The Labute approximate surface area is 163 Å². The van der Waals surface area contributed by atoms with Crippen LogP contribution in [-0.2, 0) is 11.8 Å². The monoisotopic (exact) mass is 378 g/mol. The van der Waals surface area contributed by atoms with E-state index in [0.29, 0.717) is 28.4 Å². The lowest BCUT2D eigenvalue weighted by Gasteiger charge is -2.10. The summed E-state index contributed by atoms with van der Waals surface area (Å²) in [5, 5.41) is 9.86. The van der Waals surface area contributed by atoms with E-state index >= 15 is 0 Å². The summed E-state index contributed by atoms with van der Waals surface area (Å²) in [6.45, 7) is 3.51. The second kappa shape index (κ2) is 8.39. The SMILES string of the molecule is Cc1nn(C)c(C)c1C(=O)Nc1cccc(OCC(=O)Nc2ccccc2)c1. The molecule has 144 valence electrons. The van der Waals surface area contributed by atoms with Crippen molar-refractivity contribution in [3.05, 3.63) is 71.5 Å². The molecular formula is C21H22N4O3. The summed E-state index contributed by atoms with van der Waals surface area (Å²) in [6, 6.07) is 16.1. The van der Waals surface area contributed by atoms with Gasteiger partial charge in [0.15, 0.2) is 6.61 Å². The fourth-order valence-electron chi connectivity index (χ4n) is 2.83. The van der Waals surface area contributed by atoms with Gasteiger partial charge in [-0.3, -0.25) is 14.3 Å². The molecule has 7 heteroatoms. The maximum Gasteiger partial charge on any atom is 0.262 e. The molecule has 2 N–H and O–H groups in total. The van der Waals surface area contributed by atoms with Gasteiger partial charge in [-0.2, -0.15) is 5.10 Å². The summed E-state index contributed by atoms with van der Waals surface area (Å²) < 4.78 is 7.22. The Morgan fingerprint density at radius 3 is 2.39 bits per heavy atom. The van der Waals surface area contributed by atoms with Crippen LogP contribution in [0.3, 0.4) is 0 Å². The maximum absolute atomic E-state index is 12.6. The van der Waals surface area contributed by atoms with Gasteiger partial charge in [0.05, 0.1) is 11.3 Å². The minimum absolute atomic E-state index is 0.132. The molecular weight excluding hydrogens is 356 g/mol. The van der Waals surface area contributed by atoms with Crippen LogP contribution in [-0.4, -0.2) is 28.2 Å². The highest BCUT2D eigenvalue weighted by Crippen LogP contribution is 2.20. The van der Waals surface area contributed by atoms with Crippen LogP contribution >= 0.6 is 0 Å². The van der Waals surface area contributed by atoms with Crippen molar-refractivity contribution < 1.29 is 14.3 Å². The second-order valence-electron chi connectivity index (χ2n) is 6.35. The zero-order chi connectivity index (χ0) is 20.1. The van der Waals surface area contributed by atoms with Gasteiger partial charge in [-0.15, -0.1) is 0 Å². The lowest BCUT2D eigenvalue weighted by Crippen LogP contribution is -2.20. The fourth-order valence-corrected chi connectivity index (χ4v) is 2.83. The molecule has 3 aromatic rings. The van der Waals surface area contributed by atoms with E-state index in [1.165, 1.54) is 0 Å². The molecule has 2 aromatic carbocycles. The Morgan fingerprint density at radius 1 is 1.00 bits per heavy atom. The van der Waals surface area contributed by atoms with E-state index < -0.39 is 0 Å². The molecule has 7 nitrogen and oxygen atoms in total. The van der Waals surface area contributed by atoms with Crippen LogP contribution in [0.2, 0.25) is 0 Å². The van der Waals surface area contributed by atoms with E-state index in [1.807, 2.05) is 25.1 Å². The number of para-hydroxylation sites is 1. The smallest absolute Gasteiger partial charge is 0.262 e. The Kier molecular flexibility index (Phi) is 5.74. The molecule has 0 aliphatic heterocycles.